The molecule has 2 aromatic heterocycles. The molecule has 1 aromatic carbocycles. The number of ether oxygens (including phenoxy) is 1. The van der Waals surface area contributed by atoms with Gasteiger partial charge >= 0.3 is 6.01 Å². The molecule has 1 atom stereocenters. The quantitative estimate of drug-likeness (QED) is 0.540. The van der Waals surface area contributed by atoms with E-state index in [0.717, 1.165) is 6.07 Å². The van der Waals surface area contributed by atoms with Crippen LogP contribution in [0.5, 0.6) is 6.01 Å². The van der Waals surface area contributed by atoms with Crippen molar-refractivity contribution in [2.24, 2.45) is 5.73 Å². The van der Waals surface area contributed by atoms with Crippen molar-refractivity contribution in [3.8, 4) is 6.01 Å². The van der Waals surface area contributed by atoms with Crippen LogP contribution in [-0.4, -0.2) is 40.1 Å². The van der Waals surface area contributed by atoms with Crippen LogP contribution in [0.15, 0.2) is 35.4 Å². The van der Waals surface area contributed by atoms with Gasteiger partial charge in [0.1, 0.15) is 0 Å². The van der Waals surface area contributed by atoms with Crippen LogP contribution in [0.2, 0.25) is 0 Å². The summed E-state index contributed by atoms with van der Waals surface area (Å²) in [6.07, 6.45) is 2.94. The van der Waals surface area contributed by atoms with Crippen molar-refractivity contribution in [1.82, 2.24) is 14.5 Å². The second kappa shape index (κ2) is 8.87. The van der Waals surface area contributed by atoms with E-state index in [2.05, 4.69) is 20.6 Å². The van der Waals surface area contributed by atoms with Crippen molar-refractivity contribution in [3.63, 3.8) is 0 Å². The van der Waals surface area contributed by atoms with Gasteiger partial charge in [-0.1, -0.05) is 0 Å². The number of amides is 1. The molecule has 158 valence electrons. The molecule has 0 bridgehead atoms. The standard InChI is InChI=1S/C20H23FN6O3/c1-4-27-10-12(7-15(21)19(27)29)25-18(28)13-5-6-16(23-8-11(2)22)14-9-24-20(30-3)26-17(13)14/h5-7,9-11,23H,4,8,22H2,1-3H3,(H,25,28)/t11-/m0/s1. The summed E-state index contributed by atoms with van der Waals surface area (Å²) >= 11 is 0. The highest BCUT2D eigenvalue weighted by atomic mass is 19.1. The van der Waals surface area contributed by atoms with Crippen LogP contribution in [0.25, 0.3) is 10.9 Å². The lowest BCUT2D eigenvalue weighted by atomic mass is 10.1. The second-order valence-electron chi connectivity index (χ2n) is 6.76. The third-order valence-electron chi connectivity index (χ3n) is 4.41. The third-order valence-corrected chi connectivity index (χ3v) is 4.41. The fourth-order valence-corrected chi connectivity index (χ4v) is 2.91. The first-order chi connectivity index (χ1) is 14.3. The van der Waals surface area contributed by atoms with Crippen LogP contribution in [0.1, 0.15) is 24.2 Å². The number of hydrogen-bond donors (Lipinski definition) is 3. The molecule has 3 rings (SSSR count). The summed E-state index contributed by atoms with van der Waals surface area (Å²) in [7, 11) is 1.43. The van der Waals surface area contributed by atoms with Crippen molar-refractivity contribution in [3.05, 3.63) is 52.3 Å². The molecule has 0 aliphatic carbocycles. The monoisotopic (exact) mass is 414 g/mol. The highest BCUT2D eigenvalue weighted by molar-refractivity contribution is 6.13. The van der Waals surface area contributed by atoms with Gasteiger partial charge in [-0.15, -0.1) is 0 Å². The number of methoxy groups -OCH3 is 1. The molecule has 0 fully saturated rings. The number of nitrogens with one attached hydrogen (secondary N) is 2. The first-order valence-electron chi connectivity index (χ1n) is 9.38. The number of fused-ring (bicyclic) bond motifs is 1. The minimum absolute atomic E-state index is 0.0775. The fourth-order valence-electron chi connectivity index (χ4n) is 2.91. The van der Waals surface area contributed by atoms with Crippen LogP contribution < -0.4 is 26.7 Å². The first-order valence-corrected chi connectivity index (χ1v) is 9.38. The molecule has 0 saturated heterocycles. The zero-order valence-corrected chi connectivity index (χ0v) is 16.9. The Morgan fingerprint density at radius 2 is 2.17 bits per heavy atom. The summed E-state index contributed by atoms with van der Waals surface area (Å²) < 4.78 is 20.2. The van der Waals surface area contributed by atoms with Crippen LogP contribution in [-0.2, 0) is 6.54 Å². The Morgan fingerprint density at radius 3 is 2.83 bits per heavy atom. The van der Waals surface area contributed by atoms with E-state index >= 15 is 0 Å². The summed E-state index contributed by atoms with van der Waals surface area (Å²) in [5, 5.41) is 6.43. The molecule has 0 saturated carbocycles. The fraction of sp³-hybridized carbons (Fsp3) is 0.300. The number of rotatable bonds is 7. The molecular weight excluding hydrogens is 391 g/mol. The van der Waals surface area contributed by atoms with Gasteiger partial charge in [-0.3, -0.25) is 9.59 Å². The molecule has 2 heterocycles. The number of aryl methyl sites for hydroxylation is 1. The number of hydrogen-bond acceptors (Lipinski definition) is 7. The number of nitrogens with zero attached hydrogens (tertiary/aromatic N) is 3. The number of carbonyl (C=O) groups is 1. The van der Waals surface area contributed by atoms with Gasteiger partial charge in [0.05, 0.1) is 23.9 Å². The van der Waals surface area contributed by atoms with E-state index in [4.69, 9.17) is 10.5 Å². The molecule has 1 amide bonds. The predicted octanol–water partition coefficient (Wildman–Crippen LogP) is 1.97. The van der Waals surface area contributed by atoms with Crippen LogP contribution in [0.3, 0.4) is 0 Å². The van der Waals surface area contributed by atoms with Gasteiger partial charge in [-0.2, -0.15) is 4.98 Å². The van der Waals surface area contributed by atoms with Gasteiger partial charge in [0.15, 0.2) is 5.82 Å². The van der Waals surface area contributed by atoms with Crippen LogP contribution in [0.4, 0.5) is 15.8 Å². The van der Waals surface area contributed by atoms with Gasteiger partial charge in [0, 0.05) is 48.7 Å². The van der Waals surface area contributed by atoms with E-state index in [1.54, 1.807) is 25.3 Å². The molecule has 0 aliphatic heterocycles. The van der Waals surface area contributed by atoms with Gasteiger partial charge < -0.3 is 25.7 Å². The molecule has 0 radical (unpaired) electrons. The van der Waals surface area contributed by atoms with E-state index in [0.29, 0.717) is 23.1 Å². The van der Waals surface area contributed by atoms with E-state index < -0.39 is 17.3 Å². The molecule has 0 spiro atoms. The zero-order chi connectivity index (χ0) is 21.8. The first kappa shape index (κ1) is 21.2. The Bertz CT molecular complexity index is 1150. The summed E-state index contributed by atoms with van der Waals surface area (Å²) in [5.74, 6) is -1.46. The van der Waals surface area contributed by atoms with Crippen LogP contribution >= 0.6 is 0 Å². The number of anilines is 2. The maximum Gasteiger partial charge on any atom is 0.316 e. The average molecular weight is 414 g/mol. The predicted molar refractivity (Wildman–Crippen MR) is 113 cm³/mol. The molecule has 0 unspecified atom stereocenters. The minimum Gasteiger partial charge on any atom is -0.467 e. The summed E-state index contributed by atoms with van der Waals surface area (Å²) in [4.78, 5) is 33.1. The van der Waals surface area contributed by atoms with Gasteiger partial charge in [-0.05, 0) is 26.0 Å². The summed E-state index contributed by atoms with van der Waals surface area (Å²) in [6, 6.07) is 4.34. The molecule has 10 heteroatoms. The van der Waals surface area contributed by atoms with Crippen molar-refractivity contribution < 1.29 is 13.9 Å². The minimum atomic E-state index is -0.945. The van der Waals surface area contributed by atoms with E-state index in [9.17, 15) is 14.0 Å². The Balaban J connectivity index is 2.02. The third kappa shape index (κ3) is 4.38. The molecular formula is C20H23FN6O3. The summed E-state index contributed by atoms with van der Waals surface area (Å²) in [5.41, 5.74) is 6.54. The molecule has 3 aromatic rings. The second-order valence-corrected chi connectivity index (χ2v) is 6.76. The highest BCUT2D eigenvalue weighted by Gasteiger charge is 2.17. The van der Waals surface area contributed by atoms with Crippen molar-refractivity contribution >= 4 is 28.2 Å². The number of aromatic nitrogens is 3. The lowest BCUT2D eigenvalue weighted by Gasteiger charge is -2.14. The van der Waals surface area contributed by atoms with Crippen molar-refractivity contribution in [2.45, 2.75) is 26.4 Å². The number of pyridine rings is 1. The smallest absolute Gasteiger partial charge is 0.316 e. The number of nitrogens with two attached hydrogens (primary N) is 1. The SMILES string of the molecule is CCn1cc(NC(=O)c2ccc(NC[C@H](C)N)c3cnc(OC)nc23)cc(F)c1=O. The molecule has 0 aliphatic rings. The van der Waals surface area contributed by atoms with E-state index in [1.165, 1.54) is 17.9 Å². The average Bonchev–Trinajstić information content (AvgIpc) is 2.73. The molecule has 9 nitrogen and oxygen atoms in total. The number of carbonyl (C=O) groups excluding carboxylic acids is 1. The van der Waals surface area contributed by atoms with Crippen molar-refractivity contribution in [1.29, 1.82) is 0 Å². The van der Waals surface area contributed by atoms with Gasteiger partial charge in [-0.25, -0.2) is 9.37 Å². The summed E-state index contributed by atoms with van der Waals surface area (Å²) in [6.45, 7) is 4.36. The largest absolute Gasteiger partial charge is 0.467 e. The van der Waals surface area contributed by atoms with E-state index in [1.807, 2.05) is 6.92 Å². The zero-order valence-electron chi connectivity index (χ0n) is 16.9. The van der Waals surface area contributed by atoms with Gasteiger partial charge in [0.2, 0.25) is 0 Å². The highest BCUT2D eigenvalue weighted by Crippen LogP contribution is 2.27. The lowest BCUT2D eigenvalue weighted by molar-refractivity contribution is 0.102. The Labute approximate surface area is 172 Å². The number of benzene rings is 1. The van der Waals surface area contributed by atoms with Crippen LogP contribution in [0, 0.1) is 5.82 Å². The maximum absolute atomic E-state index is 13.9. The van der Waals surface area contributed by atoms with E-state index in [-0.39, 0.29) is 29.8 Å². The molecule has 4 N–H and O–H groups in total. The number of halogens is 1. The maximum atomic E-state index is 13.9. The lowest BCUT2D eigenvalue weighted by Crippen LogP contribution is -2.25. The normalized spacial score (nSPS) is 11.9. The Morgan fingerprint density at radius 1 is 1.40 bits per heavy atom. The Kier molecular flexibility index (Phi) is 6.26. The Hall–Kier alpha value is -3.53. The van der Waals surface area contributed by atoms with Gasteiger partial charge in [0.25, 0.3) is 11.5 Å². The van der Waals surface area contributed by atoms with Crippen molar-refractivity contribution in [2.75, 3.05) is 24.3 Å². The topological polar surface area (TPSA) is 124 Å². The molecule has 30 heavy (non-hydrogen) atoms.